The van der Waals surface area contributed by atoms with Crippen LogP contribution in [0.3, 0.4) is 0 Å². The molecular weight excluding hydrogens is 292 g/mol. The van der Waals surface area contributed by atoms with E-state index in [2.05, 4.69) is 5.32 Å². The molecule has 124 valence electrons. The second-order valence-corrected chi connectivity index (χ2v) is 6.74. The number of aliphatic hydroxyl groups is 1. The molecule has 2 atom stereocenters. The molecule has 1 saturated heterocycles. The van der Waals surface area contributed by atoms with Crippen LogP contribution in [-0.2, 0) is 4.79 Å². The van der Waals surface area contributed by atoms with Crippen molar-refractivity contribution >= 4 is 11.8 Å². The van der Waals surface area contributed by atoms with Gasteiger partial charge < -0.3 is 15.3 Å². The molecule has 2 N–H and O–H groups in total. The minimum atomic E-state index is -0.156. The number of carbonyl (C=O) groups excluding carboxylic acids is 2. The molecule has 2 amide bonds. The molecule has 2 fully saturated rings. The second kappa shape index (κ2) is 6.71. The van der Waals surface area contributed by atoms with Crippen molar-refractivity contribution in [3.05, 3.63) is 35.4 Å². The van der Waals surface area contributed by atoms with Crippen LogP contribution in [0.1, 0.15) is 35.2 Å². The number of piperidine rings is 1. The Morgan fingerprint density at radius 2 is 1.91 bits per heavy atom. The van der Waals surface area contributed by atoms with Gasteiger partial charge in [-0.05, 0) is 38.3 Å². The Balaban J connectivity index is 1.67. The molecule has 5 heteroatoms. The summed E-state index contributed by atoms with van der Waals surface area (Å²) >= 11 is 0. The monoisotopic (exact) mass is 316 g/mol. The molecule has 1 heterocycles. The first kappa shape index (κ1) is 16.0. The van der Waals surface area contributed by atoms with E-state index >= 15 is 0 Å². The summed E-state index contributed by atoms with van der Waals surface area (Å²) in [5, 5.41) is 12.6. The van der Waals surface area contributed by atoms with E-state index in [0.29, 0.717) is 25.1 Å². The van der Waals surface area contributed by atoms with Gasteiger partial charge in [0, 0.05) is 37.1 Å². The molecule has 1 aromatic carbocycles. The number of carbonyl (C=O) groups is 2. The first-order valence-corrected chi connectivity index (χ1v) is 8.35. The molecule has 0 aromatic heterocycles. The standard InChI is InChI=1S/C18H24N2O3/c1-12-2-4-14(5-3-12)18(23)20-9-8-15(11-21)16(10-20)19-17(22)13-6-7-13/h2-5,13,15-16,21H,6-11H2,1H3,(H,19,22)/t15-,16-/m1/s1. The summed E-state index contributed by atoms with van der Waals surface area (Å²) in [6.45, 7) is 3.12. The minimum absolute atomic E-state index is 0.00735. The molecule has 5 nitrogen and oxygen atoms in total. The maximum atomic E-state index is 12.6. The van der Waals surface area contributed by atoms with E-state index < -0.39 is 0 Å². The largest absolute Gasteiger partial charge is 0.396 e. The van der Waals surface area contributed by atoms with Crippen LogP contribution in [-0.4, -0.2) is 47.6 Å². The number of likely N-dealkylation sites (tertiary alicyclic amines) is 1. The highest BCUT2D eigenvalue weighted by Crippen LogP contribution is 2.30. The van der Waals surface area contributed by atoms with Crippen LogP contribution in [0.5, 0.6) is 0 Å². The van der Waals surface area contributed by atoms with Crippen LogP contribution in [0.25, 0.3) is 0 Å². The van der Waals surface area contributed by atoms with Crippen LogP contribution in [0.2, 0.25) is 0 Å². The Kier molecular flexibility index (Phi) is 4.66. The molecule has 1 saturated carbocycles. The van der Waals surface area contributed by atoms with Gasteiger partial charge in [-0.15, -0.1) is 0 Å². The van der Waals surface area contributed by atoms with Gasteiger partial charge in [-0.1, -0.05) is 17.7 Å². The molecule has 1 aliphatic heterocycles. The molecule has 3 rings (SSSR count). The van der Waals surface area contributed by atoms with Gasteiger partial charge in [0.2, 0.25) is 5.91 Å². The predicted molar refractivity (Wildman–Crippen MR) is 86.9 cm³/mol. The van der Waals surface area contributed by atoms with Crippen LogP contribution in [0, 0.1) is 18.8 Å². The van der Waals surface area contributed by atoms with E-state index in [-0.39, 0.29) is 36.3 Å². The molecular formula is C18H24N2O3. The highest BCUT2D eigenvalue weighted by atomic mass is 16.3. The number of hydrogen-bond acceptors (Lipinski definition) is 3. The van der Waals surface area contributed by atoms with Gasteiger partial charge in [0.1, 0.15) is 0 Å². The number of aliphatic hydroxyl groups excluding tert-OH is 1. The van der Waals surface area contributed by atoms with Gasteiger partial charge in [0.25, 0.3) is 5.91 Å². The molecule has 0 spiro atoms. The quantitative estimate of drug-likeness (QED) is 0.881. The van der Waals surface area contributed by atoms with E-state index in [4.69, 9.17) is 0 Å². The fourth-order valence-corrected chi connectivity index (χ4v) is 3.09. The molecule has 2 aliphatic rings. The third-order valence-corrected chi connectivity index (χ3v) is 4.85. The zero-order valence-electron chi connectivity index (χ0n) is 13.5. The summed E-state index contributed by atoms with van der Waals surface area (Å²) in [6, 6.07) is 7.39. The second-order valence-electron chi connectivity index (χ2n) is 6.74. The fourth-order valence-electron chi connectivity index (χ4n) is 3.09. The van der Waals surface area contributed by atoms with Crippen molar-refractivity contribution in [2.24, 2.45) is 11.8 Å². The van der Waals surface area contributed by atoms with Gasteiger partial charge in [0.15, 0.2) is 0 Å². The minimum Gasteiger partial charge on any atom is -0.396 e. The average Bonchev–Trinajstić information content (AvgIpc) is 3.40. The maximum Gasteiger partial charge on any atom is 0.253 e. The SMILES string of the molecule is Cc1ccc(C(=O)N2CC[C@H](CO)[C@H](NC(=O)C3CC3)C2)cc1. The highest BCUT2D eigenvalue weighted by Gasteiger charge is 2.36. The van der Waals surface area contributed by atoms with Crippen molar-refractivity contribution in [2.75, 3.05) is 19.7 Å². The summed E-state index contributed by atoms with van der Waals surface area (Å²) in [5.41, 5.74) is 1.79. The van der Waals surface area contributed by atoms with Crippen molar-refractivity contribution in [3.63, 3.8) is 0 Å². The lowest BCUT2D eigenvalue weighted by atomic mass is 9.91. The van der Waals surface area contributed by atoms with Crippen molar-refractivity contribution in [1.29, 1.82) is 0 Å². The van der Waals surface area contributed by atoms with Crippen LogP contribution in [0.15, 0.2) is 24.3 Å². The highest BCUT2D eigenvalue weighted by molar-refractivity contribution is 5.94. The number of aryl methyl sites for hydroxylation is 1. The Hall–Kier alpha value is -1.88. The lowest BCUT2D eigenvalue weighted by Crippen LogP contribution is -2.55. The third-order valence-electron chi connectivity index (χ3n) is 4.85. The van der Waals surface area contributed by atoms with Gasteiger partial charge in [-0.3, -0.25) is 9.59 Å². The number of benzene rings is 1. The number of nitrogens with zero attached hydrogens (tertiary/aromatic N) is 1. The number of hydrogen-bond donors (Lipinski definition) is 2. The number of nitrogens with one attached hydrogen (secondary N) is 1. The smallest absolute Gasteiger partial charge is 0.253 e. The Labute approximate surface area is 136 Å². The molecule has 1 aromatic rings. The van der Waals surface area contributed by atoms with E-state index in [9.17, 15) is 14.7 Å². The lowest BCUT2D eigenvalue weighted by Gasteiger charge is -2.38. The molecule has 0 bridgehead atoms. The molecule has 0 unspecified atom stereocenters. The summed E-state index contributed by atoms with van der Waals surface area (Å²) in [6.07, 6.45) is 2.62. The first-order chi connectivity index (χ1) is 11.1. The van der Waals surface area contributed by atoms with Gasteiger partial charge in [-0.25, -0.2) is 0 Å². The van der Waals surface area contributed by atoms with E-state index in [1.807, 2.05) is 31.2 Å². The normalized spacial score (nSPS) is 24.3. The lowest BCUT2D eigenvalue weighted by molar-refractivity contribution is -0.123. The summed E-state index contributed by atoms with van der Waals surface area (Å²) in [4.78, 5) is 26.4. The first-order valence-electron chi connectivity index (χ1n) is 8.35. The van der Waals surface area contributed by atoms with Crippen LogP contribution in [0.4, 0.5) is 0 Å². The summed E-state index contributed by atoms with van der Waals surface area (Å²) in [7, 11) is 0. The molecule has 23 heavy (non-hydrogen) atoms. The van der Waals surface area contributed by atoms with Crippen LogP contribution < -0.4 is 5.32 Å². The van der Waals surface area contributed by atoms with Gasteiger partial charge in [0.05, 0.1) is 6.04 Å². The zero-order chi connectivity index (χ0) is 16.4. The Morgan fingerprint density at radius 3 is 2.52 bits per heavy atom. The number of rotatable bonds is 4. The molecule has 0 radical (unpaired) electrons. The van der Waals surface area contributed by atoms with E-state index in [1.165, 1.54) is 0 Å². The van der Waals surface area contributed by atoms with Gasteiger partial charge >= 0.3 is 0 Å². The maximum absolute atomic E-state index is 12.6. The Bertz CT molecular complexity index is 580. The van der Waals surface area contributed by atoms with Gasteiger partial charge in [-0.2, -0.15) is 0 Å². The topological polar surface area (TPSA) is 69.6 Å². The third kappa shape index (κ3) is 3.72. The van der Waals surface area contributed by atoms with Crippen molar-refractivity contribution < 1.29 is 14.7 Å². The Morgan fingerprint density at radius 1 is 1.22 bits per heavy atom. The predicted octanol–water partition coefficient (Wildman–Crippen LogP) is 1.34. The summed E-state index contributed by atoms with van der Waals surface area (Å²) < 4.78 is 0. The molecule has 1 aliphatic carbocycles. The van der Waals surface area contributed by atoms with Crippen molar-refractivity contribution in [1.82, 2.24) is 10.2 Å². The van der Waals surface area contributed by atoms with Crippen LogP contribution >= 0.6 is 0 Å². The van der Waals surface area contributed by atoms with Crippen molar-refractivity contribution in [2.45, 2.75) is 32.2 Å². The summed E-state index contributed by atoms with van der Waals surface area (Å²) in [5.74, 6) is 0.224. The average molecular weight is 316 g/mol. The number of amides is 2. The van der Waals surface area contributed by atoms with E-state index in [1.54, 1.807) is 4.90 Å². The van der Waals surface area contributed by atoms with E-state index in [0.717, 1.165) is 18.4 Å². The fraction of sp³-hybridized carbons (Fsp3) is 0.556. The zero-order valence-corrected chi connectivity index (χ0v) is 13.5. The van der Waals surface area contributed by atoms with Crippen molar-refractivity contribution in [3.8, 4) is 0 Å².